The van der Waals surface area contributed by atoms with Gasteiger partial charge in [-0.05, 0) is 55.5 Å². The minimum atomic E-state index is -0.884. The van der Waals surface area contributed by atoms with E-state index in [0.717, 1.165) is 22.3 Å². The van der Waals surface area contributed by atoms with Gasteiger partial charge in [-0.25, -0.2) is 0 Å². The molecule has 10 heteroatoms. The van der Waals surface area contributed by atoms with Crippen molar-refractivity contribution in [3.8, 4) is 0 Å². The molecule has 2 aliphatic carbocycles. The number of esters is 1. The molecular weight excluding hydrogens is 490 g/mol. The van der Waals surface area contributed by atoms with Gasteiger partial charge < -0.3 is 28.4 Å². The predicted molar refractivity (Wildman–Crippen MR) is 133 cm³/mol. The summed E-state index contributed by atoms with van der Waals surface area (Å²) < 4.78 is 38.0. The van der Waals surface area contributed by atoms with Gasteiger partial charge in [-0.3, -0.25) is 4.79 Å². The van der Waals surface area contributed by atoms with Crippen LogP contribution in [0, 0.1) is 0 Å². The molecule has 0 aromatic heterocycles. The largest absolute Gasteiger partial charge is 0.456 e. The Bertz CT molecular complexity index is 1310. The zero-order valence-electron chi connectivity index (χ0n) is 21.9. The van der Waals surface area contributed by atoms with Gasteiger partial charge in [-0.15, -0.1) is 0 Å². The summed E-state index contributed by atoms with van der Waals surface area (Å²) in [5, 5.41) is 4.17. The SMILES string of the molecule is CC(=O)O[C@H]1[C@@H]2OC(C)(C)O[C@@H]2c2ccccc2[C@@H]1O[C@H]1[C@@H]2OC(C)(C)O[C@@H]2c2ccccc2[C@@H]1N=[N+]=[N-]. The summed E-state index contributed by atoms with van der Waals surface area (Å²) in [5.74, 6) is -2.23. The zero-order chi connectivity index (χ0) is 26.8. The predicted octanol–water partition coefficient (Wildman–Crippen LogP) is 5.51. The van der Waals surface area contributed by atoms with Crippen LogP contribution in [0.15, 0.2) is 53.6 Å². The average Bonchev–Trinajstić information content (AvgIpc) is 3.37. The highest BCUT2D eigenvalue weighted by molar-refractivity contribution is 5.66. The van der Waals surface area contributed by atoms with E-state index >= 15 is 0 Å². The van der Waals surface area contributed by atoms with Gasteiger partial charge in [0.1, 0.15) is 36.6 Å². The fraction of sp³-hybridized carbons (Fsp3) is 0.536. The second-order valence-corrected chi connectivity index (χ2v) is 11.0. The van der Waals surface area contributed by atoms with Crippen molar-refractivity contribution in [2.75, 3.05) is 0 Å². The van der Waals surface area contributed by atoms with Gasteiger partial charge in [0.2, 0.25) is 0 Å². The Kier molecular flexibility index (Phi) is 6.03. The molecule has 2 aliphatic heterocycles. The van der Waals surface area contributed by atoms with Crippen LogP contribution >= 0.6 is 0 Å². The van der Waals surface area contributed by atoms with Crippen molar-refractivity contribution < 1.29 is 33.2 Å². The Morgan fingerprint density at radius 2 is 1.32 bits per heavy atom. The van der Waals surface area contributed by atoms with Gasteiger partial charge in [0, 0.05) is 11.8 Å². The molecule has 6 rings (SSSR count). The van der Waals surface area contributed by atoms with Crippen LogP contribution in [-0.4, -0.2) is 42.0 Å². The maximum absolute atomic E-state index is 12.3. The van der Waals surface area contributed by atoms with Gasteiger partial charge >= 0.3 is 5.97 Å². The number of carbonyl (C=O) groups excluding carboxylic acids is 1. The summed E-state index contributed by atoms with van der Waals surface area (Å²) in [6, 6.07) is 14.7. The lowest BCUT2D eigenvalue weighted by atomic mass is 9.80. The van der Waals surface area contributed by atoms with Crippen molar-refractivity contribution in [2.24, 2.45) is 5.11 Å². The molecule has 2 aromatic rings. The minimum Gasteiger partial charge on any atom is -0.456 e. The lowest BCUT2D eigenvalue weighted by Crippen LogP contribution is -2.49. The first-order valence-corrected chi connectivity index (χ1v) is 12.8. The Labute approximate surface area is 220 Å². The van der Waals surface area contributed by atoms with E-state index in [1.165, 1.54) is 6.92 Å². The monoisotopic (exact) mass is 521 g/mol. The van der Waals surface area contributed by atoms with Gasteiger partial charge in [0.05, 0.1) is 6.04 Å². The molecule has 2 fully saturated rings. The number of fused-ring (bicyclic) bond motifs is 6. The summed E-state index contributed by atoms with van der Waals surface area (Å²) in [5.41, 5.74) is 13.0. The van der Waals surface area contributed by atoms with Crippen LogP contribution in [0.25, 0.3) is 10.4 Å². The maximum atomic E-state index is 12.3. The molecule has 8 atom stereocenters. The van der Waals surface area contributed by atoms with Crippen LogP contribution in [-0.2, 0) is 33.2 Å². The number of azide groups is 1. The van der Waals surface area contributed by atoms with Crippen molar-refractivity contribution in [3.63, 3.8) is 0 Å². The van der Waals surface area contributed by atoms with Crippen LogP contribution in [0.5, 0.6) is 0 Å². The number of carbonyl (C=O) groups is 1. The second-order valence-electron chi connectivity index (χ2n) is 11.0. The summed E-state index contributed by atoms with van der Waals surface area (Å²) in [7, 11) is 0. The highest BCUT2D eigenvalue weighted by Gasteiger charge is 2.58. The molecular formula is C28H31N3O7. The van der Waals surface area contributed by atoms with Gasteiger partial charge in [-0.1, -0.05) is 53.6 Å². The van der Waals surface area contributed by atoms with Gasteiger partial charge in [0.15, 0.2) is 17.7 Å². The molecule has 38 heavy (non-hydrogen) atoms. The Morgan fingerprint density at radius 1 is 0.816 bits per heavy atom. The number of nitrogens with zero attached hydrogens (tertiary/aromatic N) is 3. The quantitative estimate of drug-likeness (QED) is 0.225. The lowest BCUT2D eigenvalue weighted by molar-refractivity contribution is -0.206. The van der Waals surface area contributed by atoms with Crippen molar-refractivity contribution >= 4 is 5.97 Å². The standard InChI is InChI=1S/C28H31N3O7/c1-14(32)33-24-20(17-12-8-9-13-18(17)22-26(24)38-28(4,5)36-22)34-23-19(30-31-29)15-10-6-7-11-16(15)21-25(23)37-27(2,3)35-21/h6-13,19-26H,1-5H3/t19-,20-,21+,22+,23+,24+,25+,26+/m0/s1. The number of hydrogen-bond acceptors (Lipinski definition) is 8. The van der Waals surface area contributed by atoms with Gasteiger partial charge in [-0.2, -0.15) is 0 Å². The van der Waals surface area contributed by atoms with E-state index in [0.29, 0.717) is 0 Å². The third-order valence-electron chi connectivity index (χ3n) is 7.53. The normalized spacial score (nSPS) is 35.7. The highest BCUT2D eigenvalue weighted by Crippen LogP contribution is 2.54. The van der Waals surface area contributed by atoms with E-state index in [2.05, 4.69) is 10.0 Å². The third kappa shape index (κ3) is 4.18. The molecule has 0 unspecified atom stereocenters. The molecule has 2 heterocycles. The van der Waals surface area contributed by atoms with Crippen molar-refractivity contribution in [2.45, 2.75) is 95.0 Å². The molecule has 2 saturated heterocycles. The van der Waals surface area contributed by atoms with Crippen molar-refractivity contribution in [3.05, 3.63) is 81.2 Å². The number of rotatable bonds is 4. The first-order valence-electron chi connectivity index (χ1n) is 12.8. The molecule has 200 valence electrons. The summed E-state index contributed by atoms with van der Waals surface area (Å²) in [6.45, 7) is 8.73. The number of hydrogen-bond donors (Lipinski definition) is 0. The molecule has 0 bridgehead atoms. The number of benzene rings is 2. The first-order chi connectivity index (χ1) is 18.1. The molecule has 0 N–H and O–H groups in total. The summed E-state index contributed by atoms with van der Waals surface area (Å²) in [4.78, 5) is 15.5. The van der Waals surface area contributed by atoms with Crippen molar-refractivity contribution in [1.82, 2.24) is 0 Å². The van der Waals surface area contributed by atoms with Crippen LogP contribution < -0.4 is 0 Å². The molecule has 0 saturated carbocycles. The molecule has 0 amide bonds. The minimum absolute atomic E-state index is 0.430. The fourth-order valence-corrected chi connectivity index (χ4v) is 6.29. The lowest BCUT2D eigenvalue weighted by Gasteiger charge is -2.44. The average molecular weight is 522 g/mol. The van der Waals surface area contributed by atoms with E-state index in [1.807, 2.05) is 76.2 Å². The molecule has 4 aliphatic rings. The molecule has 0 radical (unpaired) electrons. The van der Waals surface area contributed by atoms with Crippen LogP contribution in [0.3, 0.4) is 0 Å². The van der Waals surface area contributed by atoms with Crippen LogP contribution in [0.2, 0.25) is 0 Å². The summed E-state index contributed by atoms with van der Waals surface area (Å²) >= 11 is 0. The smallest absolute Gasteiger partial charge is 0.303 e. The Balaban J connectivity index is 1.47. The first kappa shape index (κ1) is 25.3. The Morgan fingerprint density at radius 3 is 1.87 bits per heavy atom. The van der Waals surface area contributed by atoms with E-state index in [-0.39, 0.29) is 0 Å². The van der Waals surface area contributed by atoms with E-state index in [4.69, 9.17) is 28.4 Å². The van der Waals surface area contributed by atoms with E-state index in [1.54, 1.807) is 0 Å². The molecule has 0 spiro atoms. The van der Waals surface area contributed by atoms with Crippen molar-refractivity contribution in [1.29, 1.82) is 0 Å². The highest BCUT2D eigenvalue weighted by atomic mass is 16.8. The van der Waals surface area contributed by atoms with E-state index in [9.17, 15) is 10.3 Å². The van der Waals surface area contributed by atoms with Crippen LogP contribution in [0.4, 0.5) is 0 Å². The van der Waals surface area contributed by atoms with E-state index < -0.39 is 66.3 Å². The second kappa shape index (κ2) is 9.05. The fourth-order valence-electron chi connectivity index (χ4n) is 6.29. The molecule has 2 aromatic carbocycles. The summed E-state index contributed by atoms with van der Waals surface area (Å²) in [6.07, 6.45) is -4.34. The Hall–Kier alpha value is -2.98. The zero-order valence-corrected chi connectivity index (χ0v) is 21.9. The third-order valence-corrected chi connectivity index (χ3v) is 7.53. The number of ether oxygens (including phenoxy) is 6. The van der Waals surface area contributed by atoms with Crippen LogP contribution in [0.1, 0.15) is 81.2 Å². The van der Waals surface area contributed by atoms with Gasteiger partial charge in [0.25, 0.3) is 0 Å². The maximum Gasteiger partial charge on any atom is 0.303 e. The molecule has 10 nitrogen and oxygen atoms in total. The topological polar surface area (TPSA) is 121 Å².